The van der Waals surface area contributed by atoms with Crippen LogP contribution in [0.25, 0.3) is 0 Å². The van der Waals surface area contributed by atoms with Gasteiger partial charge in [0.2, 0.25) is 0 Å². The van der Waals surface area contributed by atoms with Crippen molar-refractivity contribution < 1.29 is 19.8 Å². The van der Waals surface area contributed by atoms with Crippen molar-refractivity contribution in [1.29, 1.82) is 5.26 Å². The molecule has 0 spiro atoms. The van der Waals surface area contributed by atoms with Crippen molar-refractivity contribution in [3.63, 3.8) is 0 Å². The fourth-order valence-electron chi connectivity index (χ4n) is 2.02. The molecule has 0 aliphatic carbocycles. The van der Waals surface area contributed by atoms with E-state index >= 15 is 0 Å². The highest BCUT2D eigenvalue weighted by molar-refractivity contribution is 5.99. The molecule has 3 N–H and O–H groups in total. The van der Waals surface area contributed by atoms with Crippen molar-refractivity contribution >= 4 is 17.6 Å². The lowest BCUT2D eigenvalue weighted by atomic mass is 10.0. The summed E-state index contributed by atoms with van der Waals surface area (Å²) in [5, 5.41) is 30.0. The largest absolute Gasteiger partial charge is 0.508 e. The zero-order valence-corrected chi connectivity index (χ0v) is 13.9. The molecule has 0 fully saturated rings. The van der Waals surface area contributed by atoms with E-state index < -0.39 is 17.9 Å². The normalized spacial score (nSPS) is 12.4. The van der Waals surface area contributed by atoms with Crippen LogP contribution < -0.4 is 10.2 Å². The average molecular weight is 331 g/mol. The number of carboxylic acids is 1. The number of hydrogen-bond acceptors (Lipinski definition) is 5. The Balaban J connectivity index is 2.90. The zero-order valence-electron chi connectivity index (χ0n) is 13.9. The fraction of sp³-hybridized carbons (Fsp3) is 0.353. The molecule has 0 heterocycles. The second kappa shape index (κ2) is 8.58. The first-order valence-corrected chi connectivity index (χ1v) is 7.42. The van der Waals surface area contributed by atoms with Gasteiger partial charge in [0, 0.05) is 18.9 Å². The van der Waals surface area contributed by atoms with Gasteiger partial charge in [-0.2, -0.15) is 5.26 Å². The van der Waals surface area contributed by atoms with E-state index in [2.05, 4.69) is 5.32 Å². The Morgan fingerprint density at radius 1 is 1.33 bits per heavy atom. The summed E-state index contributed by atoms with van der Waals surface area (Å²) >= 11 is 0. The van der Waals surface area contributed by atoms with Gasteiger partial charge in [-0.3, -0.25) is 4.79 Å². The van der Waals surface area contributed by atoms with E-state index in [9.17, 15) is 20.0 Å². The maximum atomic E-state index is 12.2. The number of carbonyl (C=O) groups is 2. The molecular formula is C17H21N3O4. The Kier molecular flexibility index (Phi) is 6.80. The van der Waals surface area contributed by atoms with Crippen LogP contribution in [0.1, 0.15) is 20.3 Å². The zero-order chi connectivity index (χ0) is 18.3. The van der Waals surface area contributed by atoms with Crippen molar-refractivity contribution in [1.82, 2.24) is 5.32 Å². The third-order valence-electron chi connectivity index (χ3n) is 3.26. The highest BCUT2D eigenvalue weighted by Crippen LogP contribution is 2.18. The molecule has 7 nitrogen and oxygen atoms in total. The van der Waals surface area contributed by atoms with Crippen molar-refractivity contribution in [3.05, 3.63) is 36.0 Å². The Morgan fingerprint density at radius 3 is 2.38 bits per heavy atom. The molecular weight excluding hydrogens is 310 g/mol. The van der Waals surface area contributed by atoms with E-state index in [1.165, 1.54) is 23.2 Å². The van der Waals surface area contributed by atoms with Crippen LogP contribution in [0, 0.1) is 17.2 Å². The van der Waals surface area contributed by atoms with Crippen molar-refractivity contribution in [2.75, 3.05) is 11.9 Å². The number of amides is 1. The summed E-state index contributed by atoms with van der Waals surface area (Å²) in [6.07, 6.45) is 1.59. The molecule has 1 rings (SSSR count). The molecule has 0 bridgehead atoms. The Hall–Kier alpha value is -3.01. The standard InChI is InChI=1S/C17H21N3O4/c1-11(2)8-15(17(23)24)19-16(22)12(9-18)10-20(3)13-4-6-14(21)7-5-13/h4-7,10-11,15,21H,8H2,1-3H3,(H,19,22)(H,23,24)/b12-10-. The molecule has 1 aromatic rings. The van der Waals surface area contributed by atoms with Crippen LogP contribution >= 0.6 is 0 Å². The lowest BCUT2D eigenvalue weighted by molar-refractivity contribution is -0.141. The number of nitrogens with one attached hydrogen (secondary N) is 1. The number of phenols is 1. The predicted molar refractivity (Wildman–Crippen MR) is 89.2 cm³/mol. The number of nitrogens with zero attached hydrogens (tertiary/aromatic N) is 2. The number of carbonyl (C=O) groups excluding carboxylic acids is 1. The van der Waals surface area contributed by atoms with Gasteiger partial charge in [-0.05, 0) is 36.6 Å². The Morgan fingerprint density at radius 2 is 1.92 bits per heavy atom. The average Bonchev–Trinajstić information content (AvgIpc) is 2.51. The number of aliphatic carboxylic acids is 1. The van der Waals surface area contributed by atoms with E-state index in [0.717, 1.165) is 0 Å². The minimum absolute atomic E-state index is 0.0839. The Labute approximate surface area is 140 Å². The number of benzene rings is 1. The summed E-state index contributed by atoms with van der Waals surface area (Å²) in [5.74, 6) is -1.69. The number of rotatable bonds is 7. The van der Waals surface area contributed by atoms with Crippen LogP contribution in [0.2, 0.25) is 0 Å². The third kappa shape index (κ3) is 5.65. The quantitative estimate of drug-likeness (QED) is 0.519. The molecule has 1 unspecified atom stereocenters. The van der Waals surface area contributed by atoms with Crippen LogP contribution in [-0.2, 0) is 9.59 Å². The van der Waals surface area contributed by atoms with E-state index in [1.54, 1.807) is 25.2 Å². The van der Waals surface area contributed by atoms with Crippen LogP contribution in [0.5, 0.6) is 5.75 Å². The summed E-state index contributed by atoms with van der Waals surface area (Å²) < 4.78 is 0. The molecule has 0 saturated carbocycles. The SMILES string of the molecule is CC(C)CC(NC(=O)/C(C#N)=C\N(C)c1ccc(O)cc1)C(=O)O. The molecule has 128 valence electrons. The molecule has 0 aliphatic rings. The lowest BCUT2D eigenvalue weighted by Crippen LogP contribution is -2.42. The fourth-order valence-corrected chi connectivity index (χ4v) is 2.02. The summed E-state index contributed by atoms with van der Waals surface area (Å²) in [4.78, 5) is 24.9. The van der Waals surface area contributed by atoms with Gasteiger partial charge < -0.3 is 20.4 Å². The molecule has 0 radical (unpaired) electrons. The van der Waals surface area contributed by atoms with E-state index in [1.807, 2.05) is 13.8 Å². The maximum absolute atomic E-state index is 12.2. The smallest absolute Gasteiger partial charge is 0.326 e. The van der Waals surface area contributed by atoms with Gasteiger partial charge in [-0.15, -0.1) is 0 Å². The van der Waals surface area contributed by atoms with Crippen LogP contribution in [0.4, 0.5) is 5.69 Å². The molecule has 0 saturated heterocycles. The number of hydrogen-bond donors (Lipinski definition) is 3. The van der Waals surface area contributed by atoms with Crippen molar-refractivity contribution in [2.24, 2.45) is 5.92 Å². The Bertz CT molecular complexity index is 659. The van der Waals surface area contributed by atoms with Gasteiger partial charge in [0.05, 0.1) is 0 Å². The summed E-state index contributed by atoms with van der Waals surface area (Å²) in [6, 6.07) is 6.94. The van der Waals surface area contributed by atoms with E-state index in [4.69, 9.17) is 5.11 Å². The summed E-state index contributed by atoms with van der Waals surface area (Å²) in [5.41, 5.74) is 0.450. The van der Waals surface area contributed by atoms with E-state index in [0.29, 0.717) is 5.69 Å². The summed E-state index contributed by atoms with van der Waals surface area (Å²) in [6.45, 7) is 3.70. The minimum Gasteiger partial charge on any atom is -0.508 e. The van der Waals surface area contributed by atoms with Crippen molar-refractivity contribution in [3.8, 4) is 11.8 Å². The molecule has 1 atom stereocenters. The van der Waals surface area contributed by atoms with Crippen LogP contribution in [0.3, 0.4) is 0 Å². The molecule has 7 heteroatoms. The first kappa shape index (κ1) is 19.0. The van der Waals surface area contributed by atoms with Crippen LogP contribution in [0.15, 0.2) is 36.0 Å². The highest BCUT2D eigenvalue weighted by atomic mass is 16.4. The maximum Gasteiger partial charge on any atom is 0.326 e. The molecule has 0 aliphatic heterocycles. The van der Waals surface area contributed by atoms with Crippen LogP contribution in [-0.4, -0.2) is 35.2 Å². The van der Waals surface area contributed by atoms with Gasteiger partial charge in [-0.1, -0.05) is 13.8 Å². The number of anilines is 1. The summed E-state index contributed by atoms with van der Waals surface area (Å²) in [7, 11) is 1.64. The lowest BCUT2D eigenvalue weighted by Gasteiger charge is -2.18. The first-order valence-electron chi connectivity index (χ1n) is 7.42. The highest BCUT2D eigenvalue weighted by Gasteiger charge is 2.23. The monoisotopic (exact) mass is 331 g/mol. The number of nitriles is 1. The first-order chi connectivity index (χ1) is 11.2. The number of phenolic OH excluding ortho intramolecular Hbond substituents is 1. The molecule has 24 heavy (non-hydrogen) atoms. The number of aromatic hydroxyl groups is 1. The minimum atomic E-state index is -1.14. The second-order valence-electron chi connectivity index (χ2n) is 5.78. The topological polar surface area (TPSA) is 114 Å². The molecule has 1 amide bonds. The van der Waals surface area contributed by atoms with Gasteiger partial charge >= 0.3 is 5.97 Å². The molecule has 0 aromatic heterocycles. The van der Waals surface area contributed by atoms with Gasteiger partial charge in [0.15, 0.2) is 0 Å². The van der Waals surface area contributed by atoms with Crippen molar-refractivity contribution in [2.45, 2.75) is 26.3 Å². The number of carboxylic acid groups (broad SMARTS) is 1. The molecule has 1 aromatic carbocycles. The predicted octanol–water partition coefficient (Wildman–Crippen LogP) is 1.85. The third-order valence-corrected chi connectivity index (χ3v) is 3.26. The van der Waals surface area contributed by atoms with Gasteiger partial charge in [0.25, 0.3) is 5.91 Å². The van der Waals surface area contributed by atoms with Gasteiger partial charge in [-0.25, -0.2) is 4.79 Å². The van der Waals surface area contributed by atoms with E-state index in [-0.39, 0.29) is 23.7 Å². The second-order valence-corrected chi connectivity index (χ2v) is 5.78. The van der Waals surface area contributed by atoms with Gasteiger partial charge in [0.1, 0.15) is 23.4 Å².